The van der Waals surface area contributed by atoms with Crippen LogP contribution in [0.15, 0.2) is 40.8 Å². The van der Waals surface area contributed by atoms with Crippen LogP contribution in [0.3, 0.4) is 0 Å². The molecule has 0 radical (unpaired) electrons. The summed E-state index contributed by atoms with van der Waals surface area (Å²) in [6.45, 7) is 4.96. The minimum Gasteiger partial charge on any atom is -0.494 e. The lowest BCUT2D eigenvalue weighted by molar-refractivity contribution is -0.117. The molecule has 0 bridgehead atoms. The summed E-state index contributed by atoms with van der Waals surface area (Å²) in [6.07, 6.45) is 5.55. The second kappa shape index (κ2) is 11.3. The Morgan fingerprint density at radius 3 is 2.37 bits per heavy atom. The first kappa shape index (κ1) is 24.6. The van der Waals surface area contributed by atoms with Crippen LogP contribution in [0, 0.1) is 11.8 Å². The van der Waals surface area contributed by atoms with Crippen LogP contribution in [0.1, 0.15) is 46.0 Å². The Morgan fingerprint density at radius 2 is 1.71 bits per heavy atom. The highest BCUT2D eigenvalue weighted by Gasteiger charge is 2.39. The van der Waals surface area contributed by atoms with E-state index < -0.39 is 0 Å². The highest BCUT2D eigenvalue weighted by atomic mass is 16.5. The summed E-state index contributed by atoms with van der Waals surface area (Å²) >= 11 is 0. The highest BCUT2D eigenvalue weighted by molar-refractivity contribution is 5.98. The largest absolute Gasteiger partial charge is 0.494 e. The van der Waals surface area contributed by atoms with E-state index in [0.29, 0.717) is 41.2 Å². The molecule has 3 aromatic rings. The van der Waals surface area contributed by atoms with Crippen LogP contribution in [0.2, 0.25) is 0 Å². The minimum atomic E-state index is -0.0315. The zero-order valence-electron chi connectivity index (χ0n) is 20.8. The zero-order valence-corrected chi connectivity index (χ0v) is 20.8. The third kappa shape index (κ3) is 5.93. The molecule has 4 rings (SSSR count). The SMILES string of the molecule is CCCCCCOc1ccc(-c2nnc(-c3cc(OC)c(OC)cc3NC(=O)[C@H]3C[C@H]3C)o2)cc1. The van der Waals surface area contributed by atoms with E-state index in [1.165, 1.54) is 19.3 Å². The Labute approximate surface area is 206 Å². The van der Waals surface area contributed by atoms with Crippen LogP contribution in [0.25, 0.3) is 22.9 Å². The fourth-order valence-electron chi connectivity index (χ4n) is 3.93. The summed E-state index contributed by atoms with van der Waals surface area (Å²) in [7, 11) is 3.11. The van der Waals surface area contributed by atoms with Gasteiger partial charge in [0.1, 0.15) is 5.75 Å². The Kier molecular flexibility index (Phi) is 7.90. The molecular weight excluding hydrogens is 446 g/mol. The fourth-order valence-corrected chi connectivity index (χ4v) is 3.93. The predicted molar refractivity (Wildman–Crippen MR) is 134 cm³/mol. The molecule has 1 aliphatic rings. The number of unbranched alkanes of at least 4 members (excludes halogenated alkanes) is 3. The maximum absolute atomic E-state index is 12.6. The topological polar surface area (TPSA) is 95.7 Å². The smallest absolute Gasteiger partial charge is 0.250 e. The van der Waals surface area contributed by atoms with Gasteiger partial charge < -0.3 is 23.9 Å². The van der Waals surface area contributed by atoms with Crippen LogP contribution in [-0.4, -0.2) is 36.9 Å². The van der Waals surface area contributed by atoms with Crippen LogP contribution >= 0.6 is 0 Å². The Morgan fingerprint density at radius 1 is 1.03 bits per heavy atom. The van der Waals surface area contributed by atoms with Gasteiger partial charge in [-0.05, 0) is 49.1 Å². The molecule has 0 spiro atoms. The molecule has 0 aliphatic heterocycles. The maximum Gasteiger partial charge on any atom is 0.250 e. The van der Waals surface area contributed by atoms with Crippen molar-refractivity contribution >= 4 is 11.6 Å². The number of amides is 1. The number of carbonyl (C=O) groups is 1. The molecule has 0 unspecified atom stereocenters. The van der Waals surface area contributed by atoms with Crippen LogP contribution in [-0.2, 0) is 4.79 Å². The number of benzene rings is 2. The van der Waals surface area contributed by atoms with Gasteiger partial charge in [-0.15, -0.1) is 10.2 Å². The van der Waals surface area contributed by atoms with Crippen LogP contribution < -0.4 is 19.5 Å². The summed E-state index contributed by atoms with van der Waals surface area (Å²) < 4.78 is 22.7. The molecule has 2 atom stereocenters. The monoisotopic (exact) mass is 479 g/mol. The molecule has 186 valence electrons. The number of methoxy groups -OCH3 is 2. The first-order valence-corrected chi connectivity index (χ1v) is 12.2. The summed E-state index contributed by atoms with van der Waals surface area (Å²) in [5.41, 5.74) is 1.88. The molecule has 8 heteroatoms. The highest BCUT2D eigenvalue weighted by Crippen LogP contribution is 2.42. The number of hydrogen-bond acceptors (Lipinski definition) is 7. The molecule has 1 saturated carbocycles. The number of ether oxygens (including phenoxy) is 3. The van der Waals surface area contributed by atoms with Gasteiger partial charge >= 0.3 is 0 Å². The van der Waals surface area contributed by atoms with Crippen molar-refractivity contribution in [2.75, 3.05) is 26.1 Å². The van der Waals surface area contributed by atoms with Crippen LogP contribution in [0.5, 0.6) is 17.2 Å². The third-order valence-electron chi connectivity index (χ3n) is 6.25. The van der Waals surface area contributed by atoms with Crippen molar-refractivity contribution in [2.24, 2.45) is 11.8 Å². The van der Waals surface area contributed by atoms with Gasteiger partial charge in [0.25, 0.3) is 0 Å². The summed E-state index contributed by atoms with van der Waals surface area (Å²) in [5, 5.41) is 11.5. The van der Waals surface area contributed by atoms with E-state index in [9.17, 15) is 4.79 Å². The number of anilines is 1. The number of rotatable bonds is 12. The number of carbonyl (C=O) groups excluding carboxylic acids is 1. The van der Waals surface area contributed by atoms with Gasteiger partial charge in [0, 0.05) is 17.5 Å². The van der Waals surface area contributed by atoms with Gasteiger partial charge in [0.05, 0.1) is 32.1 Å². The van der Waals surface area contributed by atoms with E-state index in [1.54, 1.807) is 26.4 Å². The maximum atomic E-state index is 12.6. The van der Waals surface area contributed by atoms with E-state index in [2.05, 4.69) is 29.4 Å². The molecule has 1 aliphatic carbocycles. The Hall–Kier alpha value is -3.55. The van der Waals surface area contributed by atoms with Gasteiger partial charge in [-0.25, -0.2) is 0 Å². The number of nitrogens with zero attached hydrogens (tertiary/aromatic N) is 2. The predicted octanol–water partition coefficient (Wildman–Crippen LogP) is 5.97. The Bertz CT molecular complexity index is 1140. The molecular formula is C27H33N3O5. The van der Waals surface area contributed by atoms with E-state index in [-0.39, 0.29) is 17.7 Å². The van der Waals surface area contributed by atoms with Crippen molar-refractivity contribution in [1.82, 2.24) is 10.2 Å². The summed E-state index contributed by atoms with van der Waals surface area (Å²) in [4.78, 5) is 12.6. The van der Waals surface area contributed by atoms with Gasteiger partial charge in [0.2, 0.25) is 17.7 Å². The van der Waals surface area contributed by atoms with Crippen molar-refractivity contribution < 1.29 is 23.4 Å². The molecule has 1 fully saturated rings. The van der Waals surface area contributed by atoms with Crippen molar-refractivity contribution in [3.05, 3.63) is 36.4 Å². The standard InChI is InChI=1S/C27H33N3O5/c1-5-6-7-8-13-34-19-11-9-18(10-12-19)26-29-30-27(35-26)21-15-23(32-3)24(33-4)16-22(21)28-25(31)20-14-17(20)2/h9-12,15-17,20H,5-8,13-14H2,1-4H3,(H,28,31)/t17-,20+/m1/s1. The van der Waals surface area contributed by atoms with Gasteiger partial charge in [0.15, 0.2) is 11.5 Å². The second-order valence-electron chi connectivity index (χ2n) is 8.91. The number of nitrogens with one attached hydrogen (secondary N) is 1. The van der Waals surface area contributed by atoms with E-state index in [4.69, 9.17) is 18.6 Å². The lowest BCUT2D eigenvalue weighted by atomic mass is 10.1. The molecule has 0 saturated heterocycles. The number of aromatic nitrogens is 2. The fraction of sp³-hybridized carbons (Fsp3) is 0.444. The quantitative estimate of drug-likeness (QED) is 0.320. The Balaban J connectivity index is 1.53. The van der Waals surface area contributed by atoms with E-state index in [1.807, 2.05) is 24.3 Å². The molecule has 1 N–H and O–H groups in total. The lowest BCUT2D eigenvalue weighted by Crippen LogP contribution is -2.15. The minimum absolute atomic E-state index is 0.0153. The molecule has 35 heavy (non-hydrogen) atoms. The van der Waals surface area contributed by atoms with Crippen molar-refractivity contribution in [3.8, 4) is 40.2 Å². The average Bonchev–Trinajstić information content (AvgIpc) is 3.41. The van der Waals surface area contributed by atoms with Crippen molar-refractivity contribution in [2.45, 2.75) is 46.0 Å². The second-order valence-corrected chi connectivity index (χ2v) is 8.91. The molecule has 1 amide bonds. The average molecular weight is 480 g/mol. The first-order valence-electron chi connectivity index (χ1n) is 12.2. The normalized spacial score (nSPS) is 16.6. The van der Waals surface area contributed by atoms with Crippen molar-refractivity contribution in [1.29, 1.82) is 0 Å². The molecule has 2 aromatic carbocycles. The summed E-state index contributed by atoms with van der Waals surface area (Å²) in [6, 6.07) is 11.0. The third-order valence-corrected chi connectivity index (χ3v) is 6.25. The van der Waals surface area contributed by atoms with Gasteiger partial charge in [-0.1, -0.05) is 33.1 Å². The van der Waals surface area contributed by atoms with E-state index in [0.717, 1.165) is 24.2 Å². The van der Waals surface area contributed by atoms with Gasteiger partial charge in [-0.3, -0.25) is 4.79 Å². The lowest BCUT2D eigenvalue weighted by Gasteiger charge is -2.14. The number of hydrogen-bond donors (Lipinski definition) is 1. The molecule has 1 heterocycles. The van der Waals surface area contributed by atoms with E-state index >= 15 is 0 Å². The first-order chi connectivity index (χ1) is 17.0. The van der Waals surface area contributed by atoms with Crippen molar-refractivity contribution in [3.63, 3.8) is 0 Å². The molecule has 1 aromatic heterocycles. The molecule has 8 nitrogen and oxygen atoms in total. The zero-order chi connectivity index (χ0) is 24.8. The summed E-state index contributed by atoms with van der Waals surface area (Å²) in [5.74, 6) is 2.83. The van der Waals surface area contributed by atoms with Crippen LogP contribution in [0.4, 0.5) is 5.69 Å². The van der Waals surface area contributed by atoms with Gasteiger partial charge in [-0.2, -0.15) is 0 Å².